The van der Waals surface area contributed by atoms with Gasteiger partial charge in [-0.05, 0) is 53.0 Å². The van der Waals surface area contributed by atoms with E-state index in [1.165, 1.54) is 0 Å². The Balaban J connectivity index is 1.52. The van der Waals surface area contributed by atoms with Gasteiger partial charge in [-0.3, -0.25) is 0 Å². The van der Waals surface area contributed by atoms with Crippen molar-refractivity contribution in [3.8, 4) is 0 Å². The van der Waals surface area contributed by atoms with E-state index in [0.29, 0.717) is 19.7 Å². The van der Waals surface area contributed by atoms with E-state index in [0.717, 1.165) is 18.4 Å². The quantitative estimate of drug-likeness (QED) is 0.752. The minimum absolute atomic E-state index is 0.0592. The van der Waals surface area contributed by atoms with Crippen LogP contribution in [0.25, 0.3) is 0 Å². The number of amides is 2. The van der Waals surface area contributed by atoms with Crippen molar-refractivity contribution in [1.29, 1.82) is 0 Å². The fraction of sp³-hybridized carbons (Fsp3) is 0.636. The molecule has 0 saturated carbocycles. The number of piperidine rings is 1. The second-order valence-corrected chi connectivity index (χ2v) is 9.18. The van der Waals surface area contributed by atoms with Crippen LogP contribution in [0.1, 0.15) is 53.0 Å². The molecule has 2 aliphatic rings. The number of benzene rings is 1. The van der Waals surface area contributed by atoms with Crippen molar-refractivity contribution in [3.63, 3.8) is 0 Å². The van der Waals surface area contributed by atoms with Crippen LogP contribution in [0, 0.1) is 5.41 Å². The standard InChI is InChI=1S/C22H32N2O4/c1-16-13-22(11-12-23(16)20(26)28-21(3,4)5)15-24(17(22)2)19(25)27-14-18-9-7-6-8-10-18/h6-10,16-17H,11-15H2,1-5H3/t16-,17+,22+/m0/s1. The van der Waals surface area contributed by atoms with Crippen molar-refractivity contribution in [2.75, 3.05) is 13.1 Å². The van der Waals surface area contributed by atoms with Gasteiger partial charge in [0.05, 0.1) is 0 Å². The number of rotatable bonds is 2. The highest BCUT2D eigenvalue weighted by Gasteiger charge is 2.55. The lowest BCUT2D eigenvalue weighted by atomic mass is 9.64. The Bertz CT molecular complexity index is 715. The van der Waals surface area contributed by atoms with Crippen LogP contribution < -0.4 is 0 Å². The topological polar surface area (TPSA) is 59.1 Å². The molecule has 3 atom stereocenters. The molecule has 1 aromatic rings. The van der Waals surface area contributed by atoms with Gasteiger partial charge in [-0.15, -0.1) is 0 Å². The minimum atomic E-state index is -0.491. The molecule has 2 fully saturated rings. The van der Waals surface area contributed by atoms with Crippen molar-refractivity contribution in [2.24, 2.45) is 5.41 Å². The number of nitrogens with zero attached hydrogens (tertiary/aromatic N) is 2. The monoisotopic (exact) mass is 388 g/mol. The zero-order chi connectivity index (χ0) is 20.5. The summed E-state index contributed by atoms with van der Waals surface area (Å²) in [4.78, 5) is 28.5. The summed E-state index contributed by atoms with van der Waals surface area (Å²) in [7, 11) is 0. The highest BCUT2D eigenvalue weighted by atomic mass is 16.6. The minimum Gasteiger partial charge on any atom is -0.445 e. The summed E-state index contributed by atoms with van der Waals surface area (Å²) in [6.07, 6.45) is 1.24. The van der Waals surface area contributed by atoms with Crippen LogP contribution in [0.3, 0.4) is 0 Å². The van der Waals surface area contributed by atoms with Gasteiger partial charge < -0.3 is 19.3 Å². The number of ether oxygens (including phenoxy) is 2. The van der Waals surface area contributed by atoms with Gasteiger partial charge in [0.1, 0.15) is 12.2 Å². The molecule has 2 heterocycles. The maximum absolute atomic E-state index is 12.5. The lowest BCUT2D eigenvalue weighted by Gasteiger charge is -2.59. The Hall–Kier alpha value is -2.24. The van der Waals surface area contributed by atoms with Gasteiger partial charge in [-0.2, -0.15) is 0 Å². The zero-order valence-corrected chi connectivity index (χ0v) is 17.6. The molecule has 2 saturated heterocycles. The molecule has 28 heavy (non-hydrogen) atoms. The first-order chi connectivity index (χ1) is 13.1. The van der Waals surface area contributed by atoms with Crippen molar-refractivity contribution in [3.05, 3.63) is 35.9 Å². The molecule has 0 unspecified atom stereocenters. The number of likely N-dealkylation sites (tertiary alicyclic amines) is 2. The molecule has 3 rings (SSSR count). The molecule has 0 N–H and O–H groups in total. The van der Waals surface area contributed by atoms with Crippen LogP contribution in [0.2, 0.25) is 0 Å². The molecule has 154 valence electrons. The average Bonchev–Trinajstić information content (AvgIpc) is 2.63. The van der Waals surface area contributed by atoms with Crippen LogP contribution in [-0.4, -0.2) is 52.8 Å². The average molecular weight is 389 g/mol. The first-order valence-corrected chi connectivity index (χ1v) is 10.1. The van der Waals surface area contributed by atoms with Crippen molar-refractivity contribution < 1.29 is 19.1 Å². The van der Waals surface area contributed by atoms with E-state index in [4.69, 9.17) is 9.47 Å². The predicted molar refractivity (Wildman–Crippen MR) is 107 cm³/mol. The molecule has 2 aliphatic heterocycles. The molecule has 6 nitrogen and oxygen atoms in total. The third-order valence-corrected chi connectivity index (χ3v) is 5.99. The van der Waals surface area contributed by atoms with Gasteiger partial charge in [-0.25, -0.2) is 9.59 Å². The van der Waals surface area contributed by atoms with E-state index in [9.17, 15) is 9.59 Å². The summed E-state index contributed by atoms with van der Waals surface area (Å²) in [5.74, 6) is 0. The fourth-order valence-electron chi connectivity index (χ4n) is 4.33. The van der Waals surface area contributed by atoms with Crippen molar-refractivity contribution in [1.82, 2.24) is 9.80 Å². The second kappa shape index (κ2) is 7.64. The Morgan fingerprint density at radius 2 is 1.79 bits per heavy atom. The molecular weight excluding hydrogens is 356 g/mol. The molecule has 0 aliphatic carbocycles. The summed E-state index contributed by atoms with van der Waals surface area (Å²) >= 11 is 0. The van der Waals surface area contributed by atoms with E-state index in [2.05, 4.69) is 13.8 Å². The normalized spacial score (nSPS) is 27.3. The molecule has 1 spiro atoms. The van der Waals surface area contributed by atoms with Gasteiger partial charge >= 0.3 is 12.2 Å². The molecule has 1 aromatic carbocycles. The van der Waals surface area contributed by atoms with Crippen LogP contribution in [0.5, 0.6) is 0 Å². The Morgan fingerprint density at radius 3 is 2.36 bits per heavy atom. The Morgan fingerprint density at radius 1 is 1.11 bits per heavy atom. The lowest BCUT2D eigenvalue weighted by molar-refractivity contribution is -0.102. The number of carbonyl (C=O) groups is 2. The molecule has 2 amide bonds. The summed E-state index contributed by atoms with van der Waals surface area (Å²) in [5, 5.41) is 0. The molecular formula is C22H32N2O4. The van der Waals surface area contributed by atoms with Crippen LogP contribution in [0.4, 0.5) is 9.59 Å². The zero-order valence-electron chi connectivity index (χ0n) is 17.6. The molecule has 6 heteroatoms. The molecule has 0 aromatic heterocycles. The highest BCUT2D eigenvalue weighted by molar-refractivity contribution is 5.70. The van der Waals surface area contributed by atoms with Crippen LogP contribution in [-0.2, 0) is 16.1 Å². The van der Waals surface area contributed by atoms with E-state index in [-0.39, 0.29) is 29.7 Å². The highest BCUT2D eigenvalue weighted by Crippen LogP contribution is 2.48. The van der Waals surface area contributed by atoms with E-state index in [1.54, 1.807) is 4.90 Å². The second-order valence-electron chi connectivity index (χ2n) is 9.18. The third-order valence-electron chi connectivity index (χ3n) is 5.99. The van der Waals surface area contributed by atoms with Gasteiger partial charge in [0.25, 0.3) is 0 Å². The van der Waals surface area contributed by atoms with Crippen molar-refractivity contribution >= 4 is 12.2 Å². The fourth-order valence-corrected chi connectivity index (χ4v) is 4.33. The van der Waals surface area contributed by atoms with E-state index in [1.807, 2.05) is 56.0 Å². The maximum Gasteiger partial charge on any atom is 0.410 e. The van der Waals surface area contributed by atoms with E-state index >= 15 is 0 Å². The van der Waals surface area contributed by atoms with Crippen LogP contribution >= 0.6 is 0 Å². The first-order valence-electron chi connectivity index (χ1n) is 10.1. The summed E-state index contributed by atoms with van der Waals surface area (Å²) in [6, 6.07) is 9.91. The van der Waals surface area contributed by atoms with Gasteiger partial charge in [0, 0.05) is 30.6 Å². The number of hydrogen-bond acceptors (Lipinski definition) is 4. The summed E-state index contributed by atoms with van der Waals surface area (Å²) in [5.41, 5.74) is 0.552. The van der Waals surface area contributed by atoms with Gasteiger partial charge in [-0.1, -0.05) is 30.3 Å². The van der Waals surface area contributed by atoms with Crippen molar-refractivity contribution in [2.45, 2.75) is 71.8 Å². The molecule has 0 bridgehead atoms. The maximum atomic E-state index is 12.5. The summed E-state index contributed by atoms with van der Waals surface area (Å²) < 4.78 is 11.0. The van der Waals surface area contributed by atoms with E-state index < -0.39 is 5.60 Å². The third kappa shape index (κ3) is 4.26. The lowest BCUT2D eigenvalue weighted by Crippen LogP contribution is -2.69. The van der Waals surface area contributed by atoms with Gasteiger partial charge in [0.2, 0.25) is 0 Å². The number of hydrogen-bond donors (Lipinski definition) is 0. The smallest absolute Gasteiger partial charge is 0.410 e. The predicted octanol–water partition coefficient (Wildman–Crippen LogP) is 4.43. The first kappa shape index (κ1) is 20.5. The van der Waals surface area contributed by atoms with Gasteiger partial charge in [0.15, 0.2) is 0 Å². The Labute approximate surface area is 167 Å². The Kier molecular flexibility index (Phi) is 5.60. The van der Waals surface area contributed by atoms with Crippen LogP contribution in [0.15, 0.2) is 30.3 Å². The summed E-state index contributed by atoms with van der Waals surface area (Å²) in [6.45, 7) is 11.4. The SMILES string of the molecule is C[C@H]1C[C@]2(CCN1C(=O)OC(C)(C)C)CN(C(=O)OCc1ccccc1)[C@@H]2C. The number of carbonyl (C=O) groups excluding carboxylic acids is 2. The molecule has 0 radical (unpaired) electrons. The largest absolute Gasteiger partial charge is 0.445 e.